The number of hydrogen-bond acceptors (Lipinski definition) is 0. The molecular formula is C19H20FN. The van der Waals surface area contributed by atoms with Gasteiger partial charge in [-0.1, -0.05) is 38.1 Å². The van der Waals surface area contributed by atoms with E-state index in [0.717, 1.165) is 17.8 Å². The molecule has 1 aromatic heterocycles. The second-order valence-electron chi connectivity index (χ2n) is 6.97. The molecule has 0 radical (unpaired) electrons. The molecule has 0 N–H and O–H groups in total. The largest absolute Gasteiger partial charge is 0.314 e. The Kier molecular flexibility index (Phi) is 2.66. The van der Waals surface area contributed by atoms with Gasteiger partial charge in [-0.3, -0.25) is 0 Å². The molecule has 0 aliphatic heterocycles. The molecule has 2 atom stereocenters. The van der Waals surface area contributed by atoms with Gasteiger partial charge in [0, 0.05) is 11.9 Å². The fourth-order valence-electron chi connectivity index (χ4n) is 3.96. The third-order valence-electron chi connectivity index (χ3n) is 5.59. The number of hydrogen-bond donors (Lipinski definition) is 0. The number of allylic oxidation sites excluding steroid dienone is 2. The number of fused-ring (bicyclic) bond motifs is 1. The smallest absolute Gasteiger partial charge is 0.148 e. The van der Waals surface area contributed by atoms with Crippen LogP contribution in [-0.4, -0.2) is 4.57 Å². The zero-order valence-corrected chi connectivity index (χ0v) is 12.5. The lowest BCUT2D eigenvalue weighted by Gasteiger charge is -2.55. The molecule has 2 bridgehead atoms. The van der Waals surface area contributed by atoms with E-state index in [-0.39, 0.29) is 5.82 Å². The summed E-state index contributed by atoms with van der Waals surface area (Å²) >= 11 is 0. The lowest BCUT2D eigenvalue weighted by molar-refractivity contribution is 0.00639. The SMILES string of the molecule is CC1(C)[C@H]2CC(c3c(F)ccn3-c3ccccc3)=C[C@@H]1C2. The van der Waals surface area contributed by atoms with Gasteiger partial charge < -0.3 is 4.57 Å². The summed E-state index contributed by atoms with van der Waals surface area (Å²) in [6, 6.07) is 11.6. The van der Waals surface area contributed by atoms with Crippen LogP contribution >= 0.6 is 0 Å². The van der Waals surface area contributed by atoms with Crippen molar-refractivity contribution in [2.75, 3.05) is 0 Å². The van der Waals surface area contributed by atoms with Crippen LogP contribution in [0.4, 0.5) is 4.39 Å². The average Bonchev–Trinajstić information content (AvgIpc) is 2.90. The quantitative estimate of drug-likeness (QED) is 0.724. The predicted octanol–water partition coefficient (Wildman–Crippen LogP) is 5.07. The first kappa shape index (κ1) is 12.9. The van der Waals surface area contributed by atoms with E-state index in [2.05, 4.69) is 19.9 Å². The van der Waals surface area contributed by atoms with Crippen molar-refractivity contribution in [1.82, 2.24) is 4.57 Å². The van der Waals surface area contributed by atoms with Crippen molar-refractivity contribution >= 4 is 5.57 Å². The van der Waals surface area contributed by atoms with Crippen LogP contribution in [0.15, 0.2) is 48.7 Å². The van der Waals surface area contributed by atoms with E-state index in [1.54, 1.807) is 6.07 Å². The summed E-state index contributed by atoms with van der Waals surface area (Å²) in [4.78, 5) is 0. The summed E-state index contributed by atoms with van der Waals surface area (Å²) in [5, 5.41) is 0. The molecule has 0 amide bonds. The Labute approximate surface area is 125 Å². The molecule has 1 aromatic carbocycles. The Hall–Kier alpha value is -1.83. The summed E-state index contributed by atoms with van der Waals surface area (Å²) in [6.45, 7) is 4.68. The molecular weight excluding hydrogens is 261 g/mol. The Morgan fingerprint density at radius 2 is 1.90 bits per heavy atom. The van der Waals surface area contributed by atoms with Crippen molar-refractivity contribution in [2.24, 2.45) is 17.3 Å². The molecule has 2 heteroatoms. The molecule has 0 unspecified atom stereocenters. The number of aromatic nitrogens is 1. The molecule has 3 aliphatic carbocycles. The van der Waals surface area contributed by atoms with Gasteiger partial charge in [0.05, 0.1) is 5.69 Å². The van der Waals surface area contributed by atoms with Crippen LogP contribution in [-0.2, 0) is 0 Å². The van der Waals surface area contributed by atoms with Gasteiger partial charge in [-0.25, -0.2) is 4.39 Å². The Bertz CT molecular complexity index is 708. The van der Waals surface area contributed by atoms with Crippen LogP contribution < -0.4 is 0 Å². The van der Waals surface area contributed by atoms with Crippen LogP contribution in [0.1, 0.15) is 32.4 Å². The van der Waals surface area contributed by atoms with Gasteiger partial charge in [0.2, 0.25) is 0 Å². The van der Waals surface area contributed by atoms with E-state index in [1.165, 1.54) is 12.0 Å². The predicted molar refractivity (Wildman–Crippen MR) is 83.7 cm³/mol. The topological polar surface area (TPSA) is 4.93 Å². The lowest BCUT2D eigenvalue weighted by Crippen LogP contribution is -2.46. The minimum absolute atomic E-state index is 0.107. The number of para-hydroxylation sites is 1. The van der Waals surface area contributed by atoms with Gasteiger partial charge in [-0.05, 0) is 53.9 Å². The van der Waals surface area contributed by atoms with Crippen LogP contribution in [0.2, 0.25) is 0 Å². The van der Waals surface area contributed by atoms with Crippen LogP contribution in [0.25, 0.3) is 11.3 Å². The maximum atomic E-state index is 14.4. The van der Waals surface area contributed by atoms with Gasteiger partial charge in [-0.15, -0.1) is 0 Å². The lowest BCUT2D eigenvalue weighted by atomic mass is 9.50. The van der Waals surface area contributed by atoms with Crippen molar-refractivity contribution in [3.05, 3.63) is 60.2 Å². The van der Waals surface area contributed by atoms with Crippen molar-refractivity contribution in [2.45, 2.75) is 26.7 Å². The zero-order chi connectivity index (χ0) is 14.6. The van der Waals surface area contributed by atoms with Crippen molar-refractivity contribution in [3.8, 4) is 5.69 Å². The van der Waals surface area contributed by atoms with Gasteiger partial charge in [0.25, 0.3) is 0 Å². The fraction of sp³-hybridized carbons (Fsp3) is 0.368. The standard InChI is InChI=1S/C19H20FN/c1-19(2)14-10-13(11-15(19)12-14)18-17(20)8-9-21(18)16-6-4-3-5-7-16/h3-10,14-15H,11-12H2,1-2H3/t14-,15+/m1/s1. The summed E-state index contributed by atoms with van der Waals surface area (Å²) in [5.74, 6) is 1.19. The maximum Gasteiger partial charge on any atom is 0.148 e. The van der Waals surface area contributed by atoms with Gasteiger partial charge >= 0.3 is 0 Å². The third kappa shape index (κ3) is 1.81. The number of rotatable bonds is 2. The minimum Gasteiger partial charge on any atom is -0.314 e. The van der Waals surface area contributed by atoms with Gasteiger partial charge in [-0.2, -0.15) is 0 Å². The van der Waals surface area contributed by atoms with E-state index in [4.69, 9.17) is 0 Å². The van der Waals surface area contributed by atoms with E-state index >= 15 is 0 Å². The highest BCUT2D eigenvalue weighted by Gasteiger charge is 2.50. The molecule has 3 aliphatic rings. The molecule has 0 spiro atoms. The fourth-order valence-corrected chi connectivity index (χ4v) is 3.96. The molecule has 108 valence electrons. The summed E-state index contributed by atoms with van der Waals surface area (Å²) in [6.07, 6.45) is 6.42. The van der Waals surface area contributed by atoms with Crippen LogP contribution in [0.3, 0.4) is 0 Å². The Morgan fingerprint density at radius 1 is 1.14 bits per heavy atom. The summed E-state index contributed by atoms with van der Waals surface area (Å²) < 4.78 is 16.3. The second kappa shape index (κ2) is 4.33. The van der Waals surface area contributed by atoms with Crippen molar-refractivity contribution in [3.63, 3.8) is 0 Å². The first-order chi connectivity index (χ1) is 10.1. The molecule has 21 heavy (non-hydrogen) atoms. The number of halogens is 1. The van der Waals surface area contributed by atoms with Gasteiger partial charge in [0.1, 0.15) is 5.82 Å². The molecule has 5 rings (SSSR count). The van der Waals surface area contributed by atoms with Crippen LogP contribution in [0.5, 0.6) is 0 Å². The third-order valence-corrected chi connectivity index (χ3v) is 5.59. The molecule has 0 saturated heterocycles. The zero-order valence-electron chi connectivity index (χ0n) is 12.5. The number of nitrogens with zero attached hydrogens (tertiary/aromatic N) is 1. The first-order valence-corrected chi connectivity index (χ1v) is 7.70. The average molecular weight is 281 g/mol. The van der Waals surface area contributed by atoms with E-state index in [9.17, 15) is 4.39 Å². The first-order valence-electron chi connectivity index (χ1n) is 7.70. The minimum atomic E-state index is -0.107. The molecule has 1 nitrogen and oxygen atoms in total. The Morgan fingerprint density at radius 3 is 2.52 bits per heavy atom. The van der Waals surface area contributed by atoms with Crippen molar-refractivity contribution in [1.29, 1.82) is 0 Å². The second-order valence-corrected chi connectivity index (χ2v) is 6.97. The number of benzene rings is 1. The van der Waals surface area contributed by atoms with Crippen molar-refractivity contribution < 1.29 is 4.39 Å². The monoisotopic (exact) mass is 281 g/mol. The summed E-state index contributed by atoms with van der Waals surface area (Å²) in [5.41, 5.74) is 3.36. The van der Waals surface area contributed by atoms with E-state index in [1.807, 2.05) is 41.1 Å². The normalized spacial score (nSPS) is 26.1. The molecule has 1 saturated carbocycles. The summed E-state index contributed by atoms with van der Waals surface area (Å²) in [7, 11) is 0. The van der Waals surface area contributed by atoms with E-state index < -0.39 is 0 Å². The highest BCUT2D eigenvalue weighted by molar-refractivity contribution is 5.68. The highest BCUT2D eigenvalue weighted by atomic mass is 19.1. The Balaban J connectivity index is 1.79. The maximum absolute atomic E-state index is 14.4. The molecule has 1 fully saturated rings. The molecule has 1 heterocycles. The van der Waals surface area contributed by atoms with E-state index in [0.29, 0.717) is 17.3 Å². The van der Waals surface area contributed by atoms with Crippen LogP contribution in [0, 0.1) is 23.1 Å². The highest BCUT2D eigenvalue weighted by Crippen LogP contribution is 2.59. The molecule has 2 aromatic rings. The van der Waals surface area contributed by atoms with Gasteiger partial charge in [0.15, 0.2) is 0 Å².